The van der Waals surface area contributed by atoms with Gasteiger partial charge in [-0.25, -0.2) is 0 Å². The Labute approximate surface area is 130 Å². The van der Waals surface area contributed by atoms with Gasteiger partial charge >= 0.3 is 0 Å². The Morgan fingerprint density at radius 2 is 1.86 bits per heavy atom. The van der Waals surface area contributed by atoms with E-state index in [1.165, 1.54) is 4.90 Å². The SMILES string of the molecule is CN(CC(=O)Nc1cccc2ccccc12)C(=O)C1CCC1. The van der Waals surface area contributed by atoms with Gasteiger partial charge in [-0.2, -0.15) is 0 Å². The lowest BCUT2D eigenvalue weighted by Crippen LogP contribution is -2.40. The molecule has 4 nitrogen and oxygen atoms in total. The smallest absolute Gasteiger partial charge is 0.244 e. The second-order valence-corrected chi connectivity index (χ2v) is 5.90. The molecular formula is C18H20N2O2. The second kappa shape index (κ2) is 6.18. The van der Waals surface area contributed by atoms with Crippen molar-refractivity contribution in [3.05, 3.63) is 42.5 Å². The molecule has 0 unspecified atom stereocenters. The number of carbonyl (C=O) groups excluding carboxylic acids is 2. The summed E-state index contributed by atoms with van der Waals surface area (Å²) in [5.74, 6) is 0.0428. The van der Waals surface area contributed by atoms with Crippen LogP contribution in [0.15, 0.2) is 42.5 Å². The maximum Gasteiger partial charge on any atom is 0.244 e. The summed E-state index contributed by atoms with van der Waals surface area (Å²) in [5, 5.41) is 5.00. The van der Waals surface area contributed by atoms with Gasteiger partial charge in [0.2, 0.25) is 11.8 Å². The summed E-state index contributed by atoms with van der Waals surface area (Å²) in [5.41, 5.74) is 0.785. The summed E-state index contributed by atoms with van der Waals surface area (Å²) in [7, 11) is 1.70. The molecule has 0 heterocycles. The van der Waals surface area contributed by atoms with Gasteiger partial charge in [-0.1, -0.05) is 42.8 Å². The maximum absolute atomic E-state index is 12.2. The quantitative estimate of drug-likeness (QED) is 0.942. The van der Waals surface area contributed by atoms with Crippen molar-refractivity contribution in [3.63, 3.8) is 0 Å². The molecule has 114 valence electrons. The van der Waals surface area contributed by atoms with E-state index in [1.54, 1.807) is 7.05 Å². The summed E-state index contributed by atoms with van der Waals surface area (Å²) in [6, 6.07) is 13.7. The van der Waals surface area contributed by atoms with Crippen molar-refractivity contribution < 1.29 is 9.59 Å². The minimum absolute atomic E-state index is 0.0827. The molecule has 0 aliphatic heterocycles. The summed E-state index contributed by atoms with van der Waals surface area (Å²) in [4.78, 5) is 25.8. The predicted molar refractivity (Wildman–Crippen MR) is 87.6 cm³/mol. The normalized spacial score (nSPS) is 14.4. The van der Waals surface area contributed by atoms with Gasteiger partial charge in [0.15, 0.2) is 0 Å². The van der Waals surface area contributed by atoms with E-state index in [1.807, 2.05) is 42.5 Å². The third-order valence-corrected chi connectivity index (χ3v) is 4.28. The summed E-state index contributed by atoms with van der Waals surface area (Å²) < 4.78 is 0. The van der Waals surface area contributed by atoms with Crippen LogP contribution in [0.5, 0.6) is 0 Å². The lowest BCUT2D eigenvalue weighted by molar-refractivity contribution is -0.139. The Morgan fingerprint density at radius 3 is 2.59 bits per heavy atom. The first-order chi connectivity index (χ1) is 10.6. The number of likely N-dealkylation sites (N-methyl/N-ethyl adjacent to an activating group) is 1. The molecule has 1 aliphatic carbocycles. The zero-order valence-electron chi connectivity index (χ0n) is 12.7. The standard InChI is InChI=1S/C18H20N2O2/c1-20(18(22)14-8-4-9-14)12-17(21)19-16-11-5-7-13-6-2-3-10-15(13)16/h2-3,5-7,10-11,14H,4,8-9,12H2,1H3,(H,19,21). The zero-order valence-corrected chi connectivity index (χ0v) is 12.7. The number of nitrogens with zero attached hydrogens (tertiary/aromatic N) is 1. The van der Waals surface area contributed by atoms with Gasteiger partial charge in [0.1, 0.15) is 0 Å². The van der Waals surface area contributed by atoms with Crippen molar-refractivity contribution in [3.8, 4) is 0 Å². The van der Waals surface area contributed by atoms with Gasteiger partial charge in [-0.15, -0.1) is 0 Å². The Bertz CT molecular complexity index is 702. The van der Waals surface area contributed by atoms with Gasteiger partial charge in [-0.05, 0) is 24.3 Å². The molecule has 1 aliphatic rings. The summed E-state index contributed by atoms with van der Waals surface area (Å²) in [6.07, 6.45) is 3.02. The summed E-state index contributed by atoms with van der Waals surface area (Å²) in [6.45, 7) is 0.0958. The Kier molecular flexibility index (Phi) is 4.09. The average molecular weight is 296 g/mol. The molecule has 0 atom stereocenters. The van der Waals surface area contributed by atoms with E-state index in [2.05, 4.69) is 5.32 Å². The van der Waals surface area contributed by atoms with Crippen molar-refractivity contribution in [2.75, 3.05) is 18.9 Å². The average Bonchev–Trinajstić information content (AvgIpc) is 2.45. The van der Waals surface area contributed by atoms with Crippen LogP contribution in [0.2, 0.25) is 0 Å². The molecule has 22 heavy (non-hydrogen) atoms. The number of rotatable bonds is 4. The number of hydrogen-bond acceptors (Lipinski definition) is 2. The van der Waals surface area contributed by atoms with E-state index in [0.29, 0.717) is 0 Å². The van der Waals surface area contributed by atoms with Crippen LogP contribution in [0.1, 0.15) is 19.3 Å². The molecule has 2 aromatic rings. The topological polar surface area (TPSA) is 49.4 Å². The maximum atomic E-state index is 12.2. The van der Waals surface area contributed by atoms with Gasteiger partial charge in [0.05, 0.1) is 6.54 Å². The first kappa shape index (κ1) is 14.6. The predicted octanol–water partition coefficient (Wildman–Crippen LogP) is 3.04. The number of amides is 2. The largest absolute Gasteiger partial charge is 0.336 e. The van der Waals surface area contributed by atoms with E-state index >= 15 is 0 Å². The van der Waals surface area contributed by atoms with Crippen LogP contribution in [0.25, 0.3) is 10.8 Å². The van der Waals surface area contributed by atoms with Crippen molar-refractivity contribution in [2.45, 2.75) is 19.3 Å². The van der Waals surface area contributed by atoms with Crippen LogP contribution >= 0.6 is 0 Å². The van der Waals surface area contributed by atoms with Crippen LogP contribution in [0, 0.1) is 5.92 Å². The lowest BCUT2D eigenvalue weighted by Gasteiger charge is -2.28. The highest BCUT2D eigenvalue weighted by molar-refractivity contribution is 6.03. The fraction of sp³-hybridized carbons (Fsp3) is 0.333. The molecule has 0 aromatic heterocycles. The first-order valence-electron chi connectivity index (χ1n) is 7.68. The van der Waals surface area contributed by atoms with Crippen LogP contribution in [-0.4, -0.2) is 30.3 Å². The van der Waals surface area contributed by atoms with Crippen LogP contribution in [-0.2, 0) is 9.59 Å². The van der Waals surface area contributed by atoms with Crippen molar-refractivity contribution in [1.29, 1.82) is 0 Å². The number of anilines is 1. The highest BCUT2D eigenvalue weighted by atomic mass is 16.2. The first-order valence-corrected chi connectivity index (χ1v) is 7.68. The monoisotopic (exact) mass is 296 g/mol. The minimum Gasteiger partial charge on any atom is -0.336 e. The lowest BCUT2D eigenvalue weighted by atomic mass is 9.84. The molecule has 1 saturated carbocycles. The fourth-order valence-corrected chi connectivity index (χ4v) is 2.78. The molecule has 0 saturated heterocycles. The van der Waals surface area contributed by atoms with Crippen molar-refractivity contribution in [1.82, 2.24) is 4.90 Å². The molecule has 3 rings (SSSR count). The summed E-state index contributed by atoms with van der Waals surface area (Å²) >= 11 is 0. The van der Waals surface area contributed by atoms with E-state index in [4.69, 9.17) is 0 Å². The molecule has 1 N–H and O–H groups in total. The number of benzene rings is 2. The number of carbonyl (C=O) groups is 2. The zero-order chi connectivity index (χ0) is 15.5. The second-order valence-electron chi connectivity index (χ2n) is 5.90. The third-order valence-electron chi connectivity index (χ3n) is 4.28. The number of nitrogens with one attached hydrogen (secondary N) is 1. The Hall–Kier alpha value is -2.36. The molecule has 1 fully saturated rings. The van der Waals surface area contributed by atoms with Crippen LogP contribution in [0.3, 0.4) is 0 Å². The van der Waals surface area contributed by atoms with Gasteiger partial charge in [0, 0.05) is 24.0 Å². The van der Waals surface area contributed by atoms with E-state index in [-0.39, 0.29) is 24.3 Å². The van der Waals surface area contributed by atoms with Crippen LogP contribution in [0.4, 0.5) is 5.69 Å². The fourth-order valence-electron chi connectivity index (χ4n) is 2.78. The van der Waals surface area contributed by atoms with Gasteiger partial charge in [-0.3, -0.25) is 9.59 Å². The molecule has 0 bridgehead atoms. The number of fused-ring (bicyclic) bond motifs is 1. The van der Waals surface area contributed by atoms with Crippen molar-refractivity contribution >= 4 is 28.3 Å². The third kappa shape index (κ3) is 2.96. The molecular weight excluding hydrogens is 276 g/mol. The Morgan fingerprint density at radius 1 is 1.14 bits per heavy atom. The highest BCUT2D eigenvalue weighted by Gasteiger charge is 2.28. The van der Waals surface area contributed by atoms with E-state index < -0.39 is 0 Å². The highest BCUT2D eigenvalue weighted by Crippen LogP contribution is 2.28. The van der Waals surface area contributed by atoms with Crippen molar-refractivity contribution in [2.24, 2.45) is 5.92 Å². The van der Waals surface area contributed by atoms with E-state index in [9.17, 15) is 9.59 Å². The van der Waals surface area contributed by atoms with Gasteiger partial charge < -0.3 is 10.2 Å². The molecule has 0 spiro atoms. The molecule has 2 amide bonds. The minimum atomic E-state index is -0.161. The molecule has 2 aromatic carbocycles. The van der Waals surface area contributed by atoms with Crippen LogP contribution < -0.4 is 5.32 Å². The molecule has 0 radical (unpaired) electrons. The molecule has 4 heteroatoms. The number of hydrogen-bond donors (Lipinski definition) is 1. The van der Waals surface area contributed by atoms with E-state index in [0.717, 1.165) is 35.7 Å². The Balaban J connectivity index is 1.67. The van der Waals surface area contributed by atoms with Gasteiger partial charge in [0.25, 0.3) is 0 Å².